The maximum atomic E-state index is 6.42. The third-order valence-corrected chi connectivity index (χ3v) is 4.45. The molecule has 1 unspecified atom stereocenters. The standard InChI is InChI=1S/C19H20N2O2/c1-3-7-15(8-4-1)19(16-9-5-2-6-10-16)14-22-17(13-23-19)18-20-11-12-21-18/h1-10,17H,11-14H2,(H,20,21). The lowest BCUT2D eigenvalue weighted by atomic mass is 9.86. The molecule has 0 radical (unpaired) electrons. The van der Waals surface area contributed by atoms with Gasteiger partial charge in [-0.1, -0.05) is 60.7 Å². The third-order valence-electron chi connectivity index (χ3n) is 4.45. The van der Waals surface area contributed by atoms with Crippen LogP contribution in [0, 0.1) is 0 Å². The molecule has 0 spiro atoms. The largest absolute Gasteiger partial charge is 0.370 e. The summed E-state index contributed by atoms with van der Waals surface area (Å²) in [6.45, 7) is 2.68. The van der Waals surface area contributed by atoms with Crippen molar-refractivity contribution in [3.63, 3.8) is 0 Å². The summed E-state index contributed by atoms with van der Waals surface area (Å²) in [7, 11) is 0. The van der Waals surface area contributed by atoms with E-state index in [1.807, 2.05) is 36.4 Å². The van der Waals surface area contributed by atoms with Gasteiger partial charge in [0.05, 0.1) is 19.8 Å². The molecule has 0 saturated carbocycles. The van der Waals surface area contributed by atoms with E-state index in [0.29, 0.717) is 13.2 Å². The summed E-state index contributed by atoms with van der Waals surface area (Å²) < 4.78 is 12.6. The van der Waals surface area contributed by atoms with E-state index in [2.05, 4.69) is 34.6 Å². The lowest BCUT2D eigenvalue weighted by Gasteiger charge is -2.41. The molecule has 1 fully saturated rings. The van der Waals surface area contributed by atoms with Gasteiger partial charge in [-0.25, -0.2) is 0 Å². The predicted octanol–water partition coefficient (Wildman–Crippen LogP) is 2.35. The number of nitrogens with zero attached hydrogens (tertiary/aromatic N) is 1. The van der Waals surface area contributed by atoms with Gasteiger partial charge >= 0.3 is 0 Å². The summed E-state index contributed by atoms with van der Waals surface area (Å²) in [5, 5.41) is 3.28. The molecule has 2 aliphatic heterocycles. The van der Waals surface area contributed by atoms with Crippen molar-refractivity contribution in [1.29, 1.82) is 0 Å². The average molecular weight is 308 g/mol. The van der Waals surface area contributed by atoms with Crippen molar-refractivity contribution < 1.29 is 9.47 Å². The Morgan fingerprint density at radius 3 is 2.09 bits per heavy atom. The Morgan fingerprint density at radius 1 is 0.957 bits per heavy atom. The van der Waals surface area contributed by atoms with Crippen LogP contribution in [0.2, 0.25) is 0 Å². The van der Waals surface area contributed by atoms with E-state index in [1.165, 1.54) is 0 Å². The first-order valence-corrected chi connectivity index (χ1v) is 8.03. The maximum Gasteiger partial charge on any atom is 0.141 e. The van der Waals surface area contributed by atoms with Crippen LogP contribution in [0.1, 0.15) is 11.1 Å². The van der Waals surface area contributed by atoms with E-state index in [0.717, 1.165) is 30.1 Å². The summed E-state index contributed by atoms with van der Waals surface area (Å²) in [4.78, 5) is 4.45. The van der Waals surface area contributed by atoms with Gasteiger partial charge in [-0.15, -0.1) is 0 Å². The summed E-state index contributed by atoms with van der Waals surface area (Å²) in [5.41, 5.74) is 1.68. The van der Waals surface area contributed by atoms with Crippen molar-refractivity contribution in [3.8, 4) is 0 Å². The van der Waals surface area contributed by atoms with Gasteiger partial charge < -0.3 is 14.8 Å². The van der Waals surface area contributed by atoms with Crippen LogP contribution < -0.4 is 5.32 Å². The topological polar surface area (TPSA) is 42.8 Å². The number of benzene rings is 2. The lowest BCUT2D eigenvalue weighted by Crippen LogP contribution is -2.50. The Kier molecular flexibility index (Phi) is 3.85. The second kappa shape index (κ2) is 6.14. The zero-order valence-electron chi connectivity index (χ0n) is 12.9. The molecule has 23 heavy (non-hydrogen) atoms. The molecule has 2 heterocycles. The van der Waals surface area contributed by atoms with E-state index in [-0.39, 0.29) is 6.10 Å². The number of rotatable bonds is 3. The second-order valence-electron chi connectivity index (χ2n) is 5.86. The highest BCUT2D eigenvalue weighted by atomic mass is 16.6. The highest BCUT2D eigenvalue weighted by Gasteiger charge is 2.42. The fraction of sp³-hybridized carbons (Fsp3) is 0.316. The Hall–Kier alpha value is -2.17. The minimum absolute atomic E-state index is 0.0990. The van der Waals surface area contributed by atoms with Crippen LogP contribution in [-0.2, 0) is 15.1 Å². The quantitative estimate of drug-likeness (QED) is 0.946. The summed E-state index contributed by atoms with van der Waals surface area (Å²) in [5.74, 6) is 0.916. The van der Waals surface area contributed by atoms with Gasteiger partial charge in [0, 0.05) is 6.54 Å². The van der Waals surface area contributed by atoms with Crippen LogP contribution in [0.5, 0.6) is 0 Å². The van der Waals surface area contributed by atoms with Crippen molar-refractivity contribution in [1.82, 2.24) is 5.32 Å². The molecule has 0 aliphatic carbocycles. The number of aliphatic imine (C=N–C) groups is 1. The first-order chi connectivity index (χ1) is 11.4. The predicted molar refractivity (Wildman–Crippen MR) is 89.7 cm³/mol. The first kappa shape index (κ1) is 14.4. The number of amidine groups is 1. The summed E-state index contributed by atoms with van der Waals surface area (Å²) in [6.07, 6.45) is -0.0990. The molecule has 2 aliphatic rings. The normalized spacial score (nSPS) is 23.1. The highest BCUT2D eigenvalue weighted by Crippen LogP contribution is 2.37. The number of ether oxygens (including phenoxy) is 2. The van der Waals surface area contributed by atoms with E-state index in [4.69, 9.17) is 9.47 Å². The van der Waals surface area contributed by atoms with Crippen LogP contribution in [0.3, 0.4) is 0 Å². The monoisotopic (exact) mass is 308 g/mol. The van der Waals surface area contributed by atoms with Gasteiger partial charge in [-0.05, 0) is 11.1 Å². The van der Waals surface area contributed by atoms with Gasteiger partial charge in [-0.3, -0.25) is 4.99 Å². The number of hydrogen-bond donors (Lipinski definition) is 1. The van der Waals surface area contributed by atoms with Gasteiger partial charge in [-0.2, -0.15) is 0 Å². The number of nitrogens with one attached hydrogen (secondary N) is 1. The van der Waals surface area contributed by atoms with E-state index in [9.17, 15) is 0 Å². The lowest BCUT2D eigenvalue weighted by molar-refractivity contribution is -0.158. The smallest absolute Gasteiger partial charge is 0.141 e. The highest BCUT2D eigenvalue weighted by molar-refractivity contribution is 5.88. The fourth-order valence-corrected chi connectivity index (χ4v) is 3.23. The van der Waals surface area contributed by atoms with Crippen molar-refractivity contribution in [3.05, 3.63) is 71.8 Å². The molecule has 0 bridgehead atoms. The molecule has 1 saturated heterocycles. The second-order valence-corrected chi connectivity index (χ2v) is 5.86. The molecule has 4 heteroatoms. The maximum absolute atomic E-state index is 6.42. The molecule has 2 aromatic carbocycles. The van der Waals surface area contributed by atoms with E-state index in [1.54, 1.807) is 0 Å². The molecule has 4 rings (SSSR count). The molecule has 118 valence electrons. The number of hydrogen-bond acceptors (Lipinski definition) is 4. The van der Waals surface area contributed by atoms with Gasteiger partial charge in [0.2, 0.25) is 0 Å². The van der Waals surface area contributed by atoms with Crippen LogP contribution in [-0.4, -0.2) is 38.2 Å². The summed E-state index contributed by atoms with van der Waals surface area (Å²) >= 11 is 0. The Labute approximate surface area is 136 Å². The molecular weight excluding hydrogens is 288 g/mol. The molecule has 0 aromatic heterocycles. The molecule has 4 nitrogen and oxygen atoms in total. The van der Waals surface area contributed by atoms with Crippen molar-refractivity contribution >= 4 is 5.84 Å². The first-order valence-electron chi connectivity index (χ1n) is 8.03. The molecule has 1 atom stereocenters. The third kappa shape index (κ3) is 2.64. The fourth-order valence-electron chi connectivity index (χ4n) is 3.23. The Morgan fingerprint density at radius 2 is 1.61 bits per heavy atom. The van der Waals surface area contributed by atoms with Crippen LogP contribution >= 0.6 is 0 Å². The zero-order chi connectivity index (χ0) is 15.5. The Bertz CT molecular complexity index is 636. The molecule has 1 N–H and O–H groups in total. The SMILES string of the molecule is c1ccc(C2(c3ccccc3)COC(C3=NCCN3)CO2)cc1. The van der Waals surface area contributed by atoms with Gasteiger partial charge in [0.25, 0.3) is 0 Å². The Balaban J connectivity index is 1.66. The van der Waals surface area contributed by atoms with Gasteiger partial charge in [0.15, 0.2) is 0 Å². The average Bonchev–Trinajstić information content (AvgIpc) is 3.18. The zero-order valence-corrected chi connectivity index (χ0v) is 12.9. The molecule has 0 amide bonds. The minimum Gasteiger partial charge on any atom is -0.370 e. The summed E-state index contributed by atoms with van der Waals surface area (Å²) in [6, 6.07) is 20.6. The van der Waals surface area contributed by atoms with Crippen molar-refractivity contribution in [2.75, 3.05) is 26.3 Å². The molecule has 2 aromatic rings. The van der Waals surface area contributed by atoms with E-state index >= 15 is 0 Å². The van der Waals surface area contributed by atoms with E-state index < -0.39 is 5.60 Å². The van der Waals surface area contributed by atoms with Crippen LogP contribution in [0.4, 0.5) is 0 Å². The minimum atomic E-state index is -0.557. The van der Waals surface area contributed by atoms with Crippen molar-refractivity contribution in [2.45, 2.75) is 11.7 Å². The van der Waals surface area contributed by atoms with Crippen LogP contribution in [0.25, 0.3) is 0 Å². The molecular formula is C19H20N2O2. The van der Waals surface area contributed by atoms with Crippen LogP contribution in [0.15, 0.2) is 65.7 Å². The van der Waals surface area contributed by atoms with Crippen molar-refractivity contribution in [2.24, 2.45) is 4.99 Å². The van der Waals surface area contributed by atoms with Gasteiger partial charge in [0.1, 0.15) is 17.5 Å².